The fourth-order valence-electron chi connectivity index (χ4n) is 4.21. The highest BCUT2D eigenvalue weighted by molar-refractivity contribution is 5.93. The number of fused-ring (bicyclic) bond motifs is 1. The van der Waals surface area contributed by atoms with Gasteiger partial charge in [-0.05, 0) is 38.5 Å². The number of nitrogens with zero attached hydrogens (tertiary/aromatic N) is 3. The van der Waals surface area contributed by atoms with Gasteiger partial charge in [-0.1, -0.05) is 26.2 Å². The van der Waals surface area contributed by atoms with Crippen LogP contribution >= 0.6 is 0 Å². The van der Waals surface area contributed by atoms with Crippen molar-refractivity contribution in [2.45, 2.75) is 83.3 Å². The fraction of sp³-hybridized carbons (Fsp3) is 0.789. The van der Waals surface area contributed by atoms with Crippen molar-refractivity contribution in [2.24, 2.45) is 0 Å². The largest absolute Gasteiger partial charge is 0.343 e. The van der Waals surface area contributed by atoms with Gasteiger partial charge in [0.05, 0.1) is 0 Å². The van der Waals surface area contributed by atoms with Gasteiger partial charge < -0.3 is 10.2 Å². The van der Waals surface area contributed by atoms with Gasteiger partial charge in [0.25, 0.3) is 5.91 Å². The Morgan fingerprint density at radius 3 is 2.62 bits per heavy atom. The SMILES string of the molecule is CCCn1nc(C(=O)N(C)C)c2c1CCC(NC1CCCCC1)C2. The second-order valence-corrected chi connectivity index (χ2v) is 7.64. The van der Waals surface area contributed by atoms with Crippen molar-refractivity contribution in [3.63, 3.8) is 0 Å². The summed E-state index contributed by atoms with van der Waals surface area (Å²) in [5, 5.41) is 8.56. The maximum atomic E-state index is 12.6. The first-order chi connectivity index (χ1) is 11.6. The van der Waals surface area contributed by atoms with Crippen LogP contribution < -0.4 is 5.32 Å². The molecule has 5 nitrogen and oxygen atoms in total. The predicted octanol–water partition coefficient (Wildman–Crippen LogP) is 2.77. The van der Waals surface area contributed by atoms with Gasteiger partial charge in [-0.25, -0.2) is 0 Å². The summed E-state index contributed by atoms with van der Waals surface area (Å²) in [4.78, 5) is 14.2. The zero-order valence-corrected chi connectivity index (χ0v) is 15.5. The summed E-state index contributed by atoms with van der Waals surface area (Å²) in [6.07, 6.45) is 10.9. The predicted molar refractivity (Wildman–Crippen MR) is 96.4 cm³/mol. The Bertz CT molecular complexity index is 572. The van der Waals surface area contributed by atoms with Crippen molar-refractivity contribution in [2.75, 3.05) is 14.1 Å². The van der Waals surface area contributed by atoms with Gasteiger partial charge in [-0.3, -0.25) is 9.48 Å². The van der Waals surface area contributed by atoms with Crippen molar-refractivity contribution in [1.82, 2.24) is 20.0 Å². The Hall–Kier alpha value is -1.36. The van der Waals surface area contributed by atoms with Gasteiger partial charge in [-0.15, -0.1) is 0 Å². The Kier molecular flexibility index (Phi) is 5.59. The van der Waals surface area contributed by atoms with Crippen molar-refractivity contribution < 1.29 is 4.79 Å². The average Bonchev–Trinajstić information content (AvgIpc) is 2.93. The van der Waals surface area contributed by atoms with Gasteiger partial charge in [0.15, 0.2) is 5.69 Å². The summed E-state index contributed by atoms with van der Waals surface area (Å²) in [5.74, 6) is 0.0411. The fourth-order valence-corrected chi connectivity index (χ4v) is 4.21. The Morgan fingerprint density at radius 2 is 1.96 bits per heavy atom. The molecular weight excluding hydrogens is 300 g/mol. The molecule has 1 N–H and O–H groups in total. The molecule has 1 atom stereocenters. The van der Waals surface area contributed by atoms with Crippen LogP contribution in [0.2, 0.25) is 0 Å². The molecular formula is C19H32N4O. The van der Waals surface area contributed by atoms with E-state index >= 15 is 0 Å². The second kappa shape index (κ2) is 7.68. The van der Waals surface area contributed by atoms with Crippen molar-refractivity contribution in [3.8, 4) is 0 Å². The molecule has 1 heterocycles. The zero-order chi connectivity index (χ0) is 17.1. The highest BCUT2D eigenvalue weighted by atomic mass is 16.2. The van der Waals surface area contributed by atoms with E-state index < -0.39 is 0 Å². The van der Waals surface area contributed by atoms with E-state index in [9.17, 15) is 4.79 Å². The van der Waals surface area contributed by atoms with E-state index in [1.54, 1.807) is 4.90 Å². The van der Waals surface area contributed by atoms with E-state index in [4.69, 9.17) is 0 Å². The number of hydrogen-bond acceptors (Lipinski definition) is 3. The molecule has 3 rings (SSSR count). The molecule has 1 fully saturated rings. The number of rotatable bonds is 5. The molecule has 5 heteroatoms. The van der Waals surface area contributed by atoms with E-state index in [0.29, 0.717) is 17.8 Å². The third-order valence-corrected chi connectivity index (χ3v) is 5.47. The minimum atomic E-state index is 0.0411. The van der Waals surface area contributed by atoms with E-state index in [0.717, 1.165) is 32.2 Å². The number of hydrogen-bond donors (Lipinski definition) is 1. The van der Waals surface area contributed by atoms with E-state index in [1.165, 1.54) is 43.4 Å². The molecule has 1 aromatic rings. The number of aryl methyl sites for hydroxylation is 1. The molecule has 0 aliphatic heterocycles. The number of amides is 1. The van der Waals surface area contributed by atoms with E-state index in [2.05, 4.69) is 22.0 Å². The summed E-state index contributed by atoms with van der Waals surface area (Å²) in [7, 11) is 3.63. The van der Waals surface area contributed by atoms with Gasteiger partial charge in [-0.2, -0.15) is 5.10 Å². The summed E-state index contributed by atoms with van der Waals surface area (Å²) in [6.45, 7) is 3.07. The molecule has 134 valence electrons. The molecule has 0 bridgehead atoms. The highest BCUT2D eigenvalue weighted by Crippen LogP contribution is 2.27. The maximum Gasteiger partial charge on any atom is 0.274 e. The summed E-state index contributed by atoms with van der Waals surface area (Å²) in [5.41, 5.74) is 3.17. The summed E-state index contributed by atoms with van der Waals surface area (Å²) >= 11 is 0. The second-order valence-electron chi connectivity index (χ2n) is 7.64. The minimum Gasteiger partial charge on any atom is -0.343 e. The lowest BCUT2D eigenvalue weighted by molar-refractivity contribution is 0.0819. The standard InChI is InChI=1S/C19H32N4O/c1-4-12-23-17-11-10-15(20-14-8-6-5-7-9-14)13-16(17)18(21-23)19(24)22(2)3/h14-15,20H,4-13H2,1-3H3. The molecule has 0 spiro atoms. The number of aromatic nitrogens is 2. The number of carbonyl (C=O) groups is 1. The Morgan fingerprint density at radius 1 is 1.21 bits per heavy atom. The van der Waals surface area contributed by atoms with Crippen LogP contribution in [0.25, 0.3) is 0 Å². The van der Waals surface area contributed by atoms with Crippen molar-refractivity contribution in [1.29, 1.82) is 0 Å². The molecule has 1 saturated carbocycles. The Labute approximate surface area is 145 Å². The molecule has 24 heavy (non-hydrogen) atoms. The topological polar surface area (TPSA) is 50.2 Å². The normalized spacial score (nSPS) is 21.5. The first-order valence-corrected chi connectivity index (χ1v) is 9.66. The highest BCUT2D eigenvalue weighted by Gasteiger charge is 2.30. The van der Waals surface area contributed by atoms with E-state index in [-0.39, 0.29) is 5.91 Å². The smallest absolute Gasteiger partial charge is 0.274 e. The lowest BCUT2D eigenvalue weighted by atomic mass is 9.88. The van der Waals surface area contributed by atoms with Gasteiger partial charge in [0.1, 0.15) is 0 Å². The third-order valence-electron chi connectivity index (χ3n) is 5.47. The third kappa shape index (κ3) is 3.66. The number of nitrogens with one attached hydrogen (secondary N) is 1. The molecule has 2 aliphatic carbocycles. The average molecular weight is 332 g/mol. The molecule has 0 radical (unpaired) electrons. The first kappa shape index (κ1) is 17.5. The minimum absolute atomic E-state index is 0.0411. The monoisotopic (exact) mass is 332 g/mol. The van der Waals surface area contributed by atoms with Crippen LogP contribution in [0, 0.1) is 0 Å². The summed E-state index contributed by atoms with van der Waals surface area (Å²) < 4.78 is 2.09. The molecule has 1 aromatic heterocycles. The van der Waals surface area contributed by atoms with Crippen molar-refractivity contribution in [3.05, 3.63) is 17.0 Å². The molecule has 2 aliphatic rings. The van der Waals surface area contributed by atoms with Crippen molar-refractivity contribution >= 4 is 5.91 Å². The van der Waals surface area contributed by atoms with Crippen LogP contribution in [0.3, 0.4) is 0 Å². The molecule has 0 saturated heterocycles. The van der Waals surface area contributed by atoms with Gasteiger partial charge >= 0.3 is 0 Å². The summed E-state index contributed by atoms with van der Waals surface area (Å²) in [6, 6.07) is 1.16. The van der Waals surface area contributed by atoms with Gasteiger partial charge in [0.2, 0.25) is 0 Å². The van der Waals surface area contributed by atoms with Gasteiger partial charge in [0, 0.05) is 44.0 Å². The lowest BCUT2D eigenvalue weighted by Gasteiger charge is -2.31. The Balaban J connectivity index is 1.78. The first-order valence-electron chi connectivity index (χ1n) is 9.66. The lowest BCUT2D eigenvalue weighted by Crippen LogP contribution is -2.42. The van der Waals surface area contributed by atoms with Crippen LogP contribution in [0.5, 0.6) is 0 Å². The quantitative estimate of drug-likeness (QED) is 0.902. The molecule has 1 unspecified atom stereocenters. The van der Waals surface area contributed by atoms with Crippen LogP contribution in [0.4, 0.5) is 0 Å². The maximum absolute atomic E-state index is 12.6. The molecule has 1 amide bonds. The van der Waals surface area contributed by atoms with E-state index in [1.807, 2.05) is 14.1 Å². The van der Waals surface area contributed by atoms with Crippen LogP contribution in [-0.4, -0.2) is 46.8 Å². The van der Waals surface area contributed by atoms with Crippen LogP contribution in [0.1, 0.15) is 73.6 Å². The van der Waals surface area contributed by atoms with Crippen LogP contribution in [0.15, 0.2) is 0 Å². The zero-order valence-electron chi connectivity index (χ0n) is 15.5. The van der Waals surface area contributed by atoms with Crippen LogP contribution in [-0.2, 0) is 19.4 Å². The number of carbonyl (C=O) groups excluding carboxylic acids is 1. The molecule has 0 aromatic carbocycles.